The number of nitrogens with zero attached hydrogens (tertiary/aromatic N) is 3. The number of hydrogen-bond acceptors (Lipinski definition) is 6. The topological polar surface area (TPSA) is 116 Å². The lowest BCUT2D eigenvalue weighted by Crippen LogP contribution is -2.28. The van der Waals surface area contributed by atoms with Gasteiger partial charge in [0, 0.05) is 12.8 Å². The van der Waals surface area contributed by atoms with Crippen LogP contribution in [0.1, 0.15) is 55.9 Å². The maximum atomic E-state index is 12.6. The molecule has 3 N–H and O–H groups in total. The van der Waals surface area contributed by atoms with Crippen molar-refractivity contribution in [2.45, 2.75) is 57.8 Å². The quantitative estimate of drug-likeness (QED) is 0.392. The van der Waals surface area contributed by atoms with Crippen molar-refractivity contribution in [1.82, 2.24) is 20.1 Å². The third-order valence-electron chi connectivity index (χ3n) is 5.12. The van der Waals surface area contributed by atoms with Gasteiger partial charge in [0.2, 0.25) is 11.8 Å². The minimum atomic E-state index is -0.401. The molecule has 0 fully saturated rings. The largest absolute Gasteiger partial charge is 0.467 e. The highest BCUT2D eigenvalue weighted by atomic mass is 32.2. The fourth-order valence-electron chi connectivity index (χ4n) is 3.47. The second kappa shape index (κ2) is 11.7. The van der Waals surface area contributed by atoms with Crippen LogP contribution in [0.15, 0.2) is 52.2 Å². The number of aromatic nitrogens is 3. The van der Waals surface area contributed by atoms with Crippen molar-refractivity contribution < 1.29 is 14.0 Å². The van der Waals surface area contributed by atoms with E-state index < -0.39 is 5.91 Å². The predicted molar refractivity (Wildman–Crippen MR) is 128 cm³/mol. The Labute approximate surface area is 198 Å². The molecular weight excluding hydrogens is 438 g/mol. The van der Waals surface area contributed by atoms with Crippen molar-refractivity contribution in [2.24, 2.45) is 11.7 Å². The lowest BCUT2D eigenvalue weighted by molar-refractivity contribution is -0.119. The summed E-state index contributed by atoms with van der Waals surface area (Å²) >= 11 is 1.30. The average molecular weight is 470 g/mol. The third kappa shape index (κ3) is 7.49. The summed E-state index contributed by atoms with van der Waals surface area (Å²) in [6.07, 6.45) is 3.19. The molecule has 3 aromatic rings. The van der Waals surface area contributed by atoms with E-state index in [2.05, 4.69) is 53.6 Å². The van der Waals surface area contributed by atoms with E-state index in [0.29, 0.717) is 29.9 Å². The number of nitrogens with one attached hydrogen (secondary N) is 1. The maximum absolute atomic E-state index is 12.6. The van der Waals surface area contributed by atoms with Crippen LogP contribution in [-0.4, -0.2) is 32.3 Å². The number of benzene rings is 1. The SMILES string of the molecule is CC(C)Cc1ccc([C@H](C)NC(=O)CSc2nnc(CCC(N)=O)n2Cc2ccco2)cc1. The van der Waals surface area contributed by atoms with Crippen LogP contribution >= 0.6 is 11.8 Å². The summed E-state index contributed by atoms with van der Waals surface area (Å²) in [6.45, 7) is 6.79. The van der Waals surface area contributed by atoms with Gasteiger partial charge in [-0.15, -0.1) is 10.2 Å². The van der Waals surface area contributed by atoms with E-state index in [-0.39, 0.29) is 24.1 Å². The third-order valence-corrected chi connectivity index (χ3v) is 6.08. The molecule has 1 aromatic carbocycles. The summed E-state index contributed by atoms with van der Waals surface area (Å²) < 4.78 is 7.30. The summed E-state index contributed by atoms with van der Waals surface area (Å²) in [6, 6.07) is 11.9. The molecular formula is C24H31N5O3S. The molecule has 0 aliphatic rings. The monoisotopic (exact) mass is 469 g/mol. The number of furan rings is 1. The second-order valence-electron chi connectivity index (χ2n) is 8.45. The fourth-order valence-corrected chi connectivity index (χ4v) is 4.24. The molecule has 2 heterocycles. The molecule has 3 rings (SSSR count). The minimum absolute atomic E-state index is 0.0926. The van der Waals surface area contributed by atoms with E-state index >= 15 is 0 Å². The number of nitrogens with two attached hydrogens (primary N) is 1. The molecule has 0 bridgehead atoms. The minimum Gasteiger partial charge on any atom is -0.467 e. The van der Waals surface area contributed by atoms with Crippen molar-refractivity contribution in [3.8, 4) is 0 Å². The first-order valence-electron chi connectivity index (χ1n) is 11.1. The van der Waals surface area contributed by atoms with E-state index in [9.17, 15) is 9.59 Å². The van der Waals surface area contributed by atoms with Crippen LogP contribution in [0.2, 0.25) is 0 Å². The van der Waals surface area contributed by atoms with Gasteiger partial charge in [0.25, 0.3) is 0 Å². The Kier molecular flexibility index (Phi) is 8.71. The van der Waals surface area contributed by atoms with Crippen molar-refractivity contribution in [2.75, 3.05) is 5.75 Å². The van der Waals surface area contributed by atoms with E-state index in [0.717, 1.165) is 17.7 Å². The van der Waals surface area contributed by atoms with Gasteiger partial charge < -0.3 is 15.5 Å². The molecule has 0 spiro atoms. The zero-order valence-corrected chi connectivity index (χ0v) is 20.1. The number of primary amides is 1. The van der Waals surface area contributed by atoms with Gasteiger partial charge in [-0.1, -0.05) is 49.9 Å². The molecule has 2 aromatic heterocycles. The van der Waals surface area contributed by atoms with Crippen LogP contribution < -0.4 is 11.1 Å². The summed E-state index contributed by atoms with van der Waals surface area (Å²) in [5, 5.41) is 12.0. The number of hydrogen-bond donors (Lipinski definition) is 2. The maximum Gasteiger partial charge on any atom is 0.230 e. The van der Waals surface area contributed by atoms with Crippen LogP contribution in [0, 0.1) is 5.92 Å². The Hall–Kier alpha value is -3.07. The molecule has 0 unspecified atom stereocenters. The molecule has 0 saturated heterocycles. The van der Waals surface area contributed by atoms with Gasteiger partial charge in [-0.3, -0.25) is 14.2 Å². The van der Waals surface area contributed by atoms with Crippen molar-refractivity contribution in [3.05, 3.63) is 65.4 Å². The first kappa shape index (κ1) is 24.6. The van der Waals surface area contributed by atoms with E-state index in [1.165, 1.54) is 17.3 Å². The second-order valence-corrected chi connectivity index (χ2v) is 9.39. The highest BCUT2D eigenvalue weighted by molar-refractivity contribution is 7.99. The summed E-state index contributed by atoms with van der Waals surface area (Å²) in [5.41, 5.74) is 7.64. The number of carbonyl (C=O) groups is 2. The first-order valence-corrected chi connectivity index (χ1v) is 12.0. The first-order chi connectivity index (χ1) is 15.8. The lowest BCUT2D eigenvalue weighted by atomic mass is 10.00. The van der Waals surface area contributed by atoms with Gasteiger partial charge in [0.1, 0.15) is 11.6 Å². The Bertz CT molecular complexity index is 1040. The smallest absolute Gasteiger partial charge is 0.230 e. The van der Waals surface area contributed by atoms with Crippen molar-refractivity contribution in [3.63, 3.8) is 0 Å². The van der Waals surface area contributed by atoms with Crippen LogP contribution in [0.4, 0.5) is 0 Å². The number of amides is 2. The Balaban J connectivity index is 1.60. The zero-order valence-electron chi connectivity index (χ0n) is 19.3. The van der Waals surface area contributed by atoms with Gasteiger partial charge in [0.05, 0.1) is 24.6 Å². The number of carbonyl (C=O) groups excluding carboxylic acids is 2. The predicted octanol–water partition coefficient (Wildman–Crippen LogP) is 3.51. The average Bonchev–Trinajstić information content (AvgIpc) is 3.41. The van der Waals surface area contributed by atoms with Crippen LogP contribution in [0.5, 0.6) is 0 Å². The number of aryl methyl sites for hydroxylation is 1. The summed E-state index contributed by atoms with van der Waals surface area (Å²) in [4.78, 5) is 23.8. The lowest BCUT2D eigenvalue weighted by Gasteiger charge is -2.15. The van der Waals surface area contributed by atoms with E-state index in [4.69, 9.17) is 10.2 Å². The summed E-state index contributed by atoms with van der Waals surface area (Å²) in [7, 11) is 0. The van der Waals surface area contributed by atoms with E-state index in [1.807, 2.05) is 17.6 Å². The highest BCUT2D eigenvalue weighted by Gasteiger charge is 2.17. The Morgan fingerprint density at radius 2 is 1.91 bits per heavy atom. The van der Waals surface area contributed by atoms with Gasteiger partial charge >= 0.3 is 0 Å². The molecule has 0 aliphatic carbocycles. The molecule has 2 amide bonds. The Morgan fingerprint density at radius 3 is 2.55 bits per heavy atom. The van der Waals surface area contributed by atoms with Crippen LogP contribution in [0.25, 0.3) is 0 Å². The molecule has 176 valence electrons. The van der Waals surface area contributed by atoms with Gasteiger partial charge in [-0.05, 0) is 42.5 Å². The van der Waals surface area contributed by atoms with Gasteiger partial charge in [-0.2, -0.15) is 0 Å². The molecule has 9 heteroatoms. The van der Waals surface area contributed by atoms with Crippen molar-refractivity contribution in [1.29, 1.82) is 0 Å². The van der Waals surface area contributed by atoms with E-state index in [1.54, 1.807) is 12.3 Å². The molecule has 0 radical (unpaired) electrons. The van der Waals surface area contributed by atoms with Crippen molar-refractivity contribution >= 4 is 23.6 Å². The molecule has 1 atom stereocenters. The zero-order chi connectivity index (χ0) is 23.8. The number of thioether (sulfide) groups is 1. The van der Waals surface area contributed by atoms with Gasteiger partial charge in [-0.25, -0.2) is 0 Å². The van der Waals surface area contributed by atoms with Crippen LogP contribution in [-0.2, 0) is 29.0 Å². The standard InChI is InChI=1S/C24H31N5O3S/c1-16(2)13-18-6-8-19(9-7-18)17(3)26-23(31)15-33-24-28-27-22(11-10-21(25)30)29(24)14-20-5-4-12-32-20/h4-9,12,16-17H,10-11,13-15H2,1-3H3,(H2,25,30)(H,26,31)/t17-/m0/s1. The molecule has 0 saturated carbocycles. The molecule has 0 aliphatic heterocycles. The normalized spacial score (nSPS) is 12.1. The fraction of sp³-hybridized carbons (Fsp3) is 0.417. The molecule has 8 nitrogen and oxygen atoms in total. The van der Waals surface area contributed by atoms with Crippen LogP contribution in [0.3, 0.4) is 0 Å². The van der Waals surface area contributed by atoms with Gasteiger partial charge in [0.15, 0.2) is 5.16 Å². The Morgan fingerprint density at radius 1 is 1.15 bits per heavy atom. The summed E-state index contributed by atoms with van der Waals surface area (Å²) in [5.74, 6) is 1.67. The highest BCUT2D eigenvalue weighted by Crippen LogP contribution is 2.21. The molecule has 33 heavy (non-hydrogen) atoms. The number of rotatable bonds is 12.